The molecule has 0 aliphatic carbocycles. The predicted octanol–water partition coefficient (Wildman–Crippen LogP) is 1.10. The second kappa shape index (κ2) is 4.53. The van der Waals surface area contributed by atoms with E-state index in [-0.39, 0.29) is 11.1 Å². The summed E-state index contributed by atoms with van der Waals surface area (Å²) in [5.41, 5.74) is 0.661. The molecule has 2 heterocycles. The fourth-order valence-corrected chi connectivity index (χ4v) is 1.44. The van der Waals surface area contributed by atoms with Crippen LogP contribution in [0.3, 0.4) is 0 Å². The number of hydrogen-bond acceptors (Lipinski definition) is 3. The maximum atomic E-state index is 11.7. The molecule has 0 saturated heterocycles. The number of rotatable bonds is 3. The molecule has 0 N–H and O–H groups in total. The van der Waals surface area contributed by atoms with Crippen LogP contribution in [0, 0.1) is 0 Å². The summed E-state index contributed by atoms with van der Waals surface area (Å²) in [5, 5.41) is 0. The zero-order chi connectivity index (χ0) is 11.4. The lowest BCUT2D eigenvalue weighted by Crippen LogP contribution is -2.23. The highest BCUT2D eigenvalue weighted by atomic mass is 16.1. The minimum Gasteiger partial charge on any atom is -0.309 e. The molecule has 0 aliphatic rings. The molecule has 2 aromatic heterocycles. The summed E-state index contributed by atoms with van der Waals surface area (Å²) in [5.74, 6) is 0. The van der Waals surface area contributed by atoms with Gasteiger partial charge in [0.05, 0.1) is 17.8 Å². The maximum absolute atomic E-state index is 11.7. The highest BCUT2D eigenvalue weighted by Gasteiger charge is 2.02. The van der Waals surface area contributed by atoms with Crippen LogP contribution >= 0.6 is 0 Å². The molecule has 0 atom stereocenters. The van der Waals surface area contributed by atoms with Gasteiger partial charge in [-0.15, -0.1) is 0 Å². The highest BCUT2D eigenvalue weighted by molar-refractivity contribution is 5.73. The van der Waals surface area contributed by atoms with Gasteiger partial charge in [-0.05, 0) is 24.3 Å². The van der Waals surface area contributed by atoms with E-state index in [0.717, 1.165) is 5.69 Å². The minimum atomic E-state index is -0.289. The van der Waals surface area contributed by atoms with Crippen molar-refractivity contribution in [3.8, 4) is 0 Å². The first-order valence-corrected chi connectivity index (χ1v) is 4.86. The summed E-state index contributed by atoms with van der Waals surface area (Å²) in [4.78, 5) is 26.4. The number of hydrogen-bond donors (Lipinski definition) is 0. The first-order valence-electron chi connectivity index (χ1n) is 4.86. The van der Waals surface area contributed by atoms with Crippen LogP contribution in [-0.4, -0.2) is 15.8 Å². The number of carbonyl (C=O) groups is 1. The predicted molar refractivity (Wildman–Crippen MR) is 59.4 cm³/mol. The van der Waals surface area contributed by atoms with Crippen LogP contribution in [-0.2, 0) is 6.54 Å². The Hall–Kier alpha value is -2.23. The average molecular weight is 214 g/mol. The van der Waals surface area contributed by atoms with Gasteiger partial charge in [0.1, 0.15) is 0 Å². The van der Waals surface area contributed by atoms with Crippen LogP contribution in [0.15, 0.2) is 47.5 Å². The first kappa shape index (κ1) is 10.3. The van der Waals surface area contributed by atoms with Gasteiger partial charge in [0.2, 0.25) is 0 Å². The number of carbonyl (C=O) groups excluding carboxylic acids is 1. The van der Waals surface area contributed by atoms with E-state index in [2.05, 4.69) is 4.98 Å². The Morgan fingerprint density at radius 1 is 1.25 bits per heavy atom. The van der Waals surface area contributed by atoms with Crippen molar-refractivity contribution in [2.24, 2.45) is 0 Å². The van der Waals surface area contributed by atoms with Gasteiger partial charge in [0.15, 0.2) is 6.29 Å². The molecular weight excluding hydrogens is 204 g/mol. The Morgan fingerprint density at radius 2 is 2.12 bits per heavy atom. The summed E-state index contributed by atoms with van der Waals surface area (Å²) in [6, 6.07) is 8.68. The molecule has 16 heavy (non-hydrogen) atoms. The summed E-state index contributed by atoms with van der Waals surface area (Å²) < 4.78 is 1.46. The number of nitrogens with zero attached hydrogens (tertiary/aromatic N) is 2. The average Bonchev–Trinajstić information content (AvgIpc) is 2.33. The summed E-state index contributed by atoms with van der Waals surface area (Å²) in [6.07, 6.45) is 3.88. The van der Waals surface area contributed by atoms with Crippen LogP contribution in [0.5, 0.6) is 0 Å². The molecular formula is C12H10N2O2. The minimum absolute atomic E-state index is 0.165. The van der Waals surface area contributed by atoms with E-state index in [1.54, 1.807) is 18.5 Å². The van der Waals surface area contributed by atoms with E-state index in [4.69, 9.17) is 0 Å². The smallest absolute Gasteiger partial charge is 0.261 e. The Morgan fingerprint density at radius 3 is 2.81 bits per heavy atom. The van der Waals surface area contributed by atoms with Gasteiger partial charge in [-0.2, -0.15) is 0 Å². The topological polar surface area (TPSA) is 52.0 Å². The van der Waals surface area contributed by atoms with Gasteiger partial charge in [0, 0.05) is 12.4 Å². The van der Waals surface area contributed by atoms with Crippen molar-refractivity contribution < 1.29 is 4.79 Å². The van der Waals surface area contributed by atoms with Gasteiger partial charge >= 0.3 is 0 Å². The van der Waals surface area contributed by atoms with E-state index < -0.39 is 0 Å². The Balaban J connectivity index is 2.36. The molecule has 2 aromatic rings. The number of aldehydes is 1. The lowest BCUT2D eigenvalue weighted by atomic mass is 10.3. The van der Waals surface area contributed by atoms with Crippen LogP contribution in [0.25, 0.3) is 0 Å². The first-order chi connectivity index (χ1) is 7.81. The Labute approximate surface area is 92.2 Å². The van der Waals surface area contributed by atoms with E-state index >= 15 is 0 Å². The van der Waals surface area contributed by atoms with Crippen LogP contribution in [0.2, 0.25) is 0 Å². The molecule has 0 aliphatic heterocycles. The summed E-state index contributed by atoms with van der Waals surface area (Å²) in [7, 11) is 0. The highest BCUT2D eigenvalue weighted by Crippen LogP contribution is 1.96. The monoisotopic (exact) mass is 214 g/mol. The van der Waals surface area contributed by atoms with Gasteiger partial charge in [0.25, 0.3) is 5.56 Å². The molecule has 4 heteroatoms. The van der Waals surface area contributed by atoms with E-state index in [1.807, 2.05) is 18.2 Å². The van der Waals surface area contributed by atoms with Crippen molar-refractivity contribution in [2.75, 3.05) is 0 Å². The molecule has 4 nitrogen and oxygen atoms in total. The SMILES string of the molecule is O=Cc1cccn(Cc2ccccn2)c1=O. The fraction of sp³-hybridized carbons (Fsp3) is 0.0833. The lowest BCUT2D eigenvalue weighted by molar-refractivity contribution is 0.112. The zero-order valence-electron chi connectivity index (χ0n) is 8.54. The normalized spacial score (nSPS) is 10.0. The second-order valence-electron chi connectivity index (χ2n) is 3.34. The second-order valence-corrected chi connectivity index (χ2v) is 3.34. The molecule has 2 rings (SSSR count). The lowest BCUT2D eigenvalue weighted by Gasteiger charge is -2.04. The number of pyridine rings is 2. The molecule has 0 spiro atoms. The molecule has 0 radical (unpaired) electrons. The summed E-state index contributed by atoms with van der Waals surface area (Å²) >= 11 is 0. The van der Waals surface area contributed by atoms with Crippen molar-refractivity contribution in [1.29, 1.82) is 0 Å². The molecule has 0 aromatic carbocycles. The third-order valence-corrected chi connectivity index (χ3v) is 2.24. The molecule has 0 fully saturated rings. The van der Waals surface area contributed by atoms with Crippen molar-refractivity contribution in [1.82, 2.24) is 9.55 Å². The van der Waals surface area contributed by atoms with Crippen molar-refractivity contribution in [2.45, 2.75) is 6.54 Å². The largest absolute Gasteiger partial charge is 0.309 e. The van der Waals surface area contributed by atoms with Gasteiger partial charge in [-0.25, -0.2) is 0 Å². The molecule has 0 amide bonds. The van der Waals surface area contributed by atoms with E-state index in [1.165, 1.54) is 10.6 Å². The van der Waals surface area contributed by atoms with Crippen molar-refractivity contribution >= 4 is 6.29 Å². The van der Waals surface area contributed by atoms with Gasteiger partial charge in [-0.3, -0.25) is 14.6 Å². The van der Waals surface area contributed by atoms with Crippen LogP contribution in [0.1, 0.15) is 16.1 Å². The third-order valence-electron chi connectivity index (χ3n) is 2.24. The molecule has 0 bridgehead atoms. The fourth-order valence-electron chi connectivity index (χ4n) is 1.44. The molecule has 0 unspecified atom stereocenters. The van der Waals surface area contributed by atoms with Crippen molar-refractivity contribution in [3.63, 3.8) is 0 Å². The standard InChI is InChI=1S/C12H10N2O2/c15-9-10-4-3-7-14(12(10)16)8-11-5-1-2-6-13-11/h1-7,9H,8H2. The van der Waals surface area contributed by atoms with Crippen LogP contribution < -0.4 is 5.56 Å². The van der Waals surface area contributed by atoms with E-state index in [0.29, 0.717) is 12.8 Å². The van der Waals surface area contributed by atoms with Crippen molar-refractivity contribution in [3.05, 3.63) is 64.3 Å². The Bertz CT molecular complexity index is 546. The maximum Gasteiger partial charge on any atom is 0.261 e. The molecule has 80 valence electrons. The number of aromatic nitrogens is 2. The zero-order valence-corrected chi connectivity index (χ0v) is 8.54. The van der Waals surface area contributed by atoms with Gasteiger partial charge in [-0.1, -0.05) is 6.07 Å². The Kier molecular flexibility index (Phi) is 2.91. The summed E-state index contributed by atoms with van der Waals surface area (Å²) in [6.45, 7) is 0.376. The molecule has 0 saturated carbocycles. The quantitative estimate of drug-likeness (QED) is 0.719. The van der Waals surface area contributed by atoms with Gasteiger partial charge < -0.3 is 4.57 Å². The third kappa shape index (κ3) is 2.06. The van der Waals surface area contributed by atoms with Crippen LogP contribution in [0.4, 0.5) is 0 Å². The van der Waals surface area contributed by atoms with E-state index in [9.17, 15) is 9.59 Å².